The number of nitrogens with one attached hydrogen (secondary N) is 1. The number of benzene rings is 2. The van der Waals surface area contributed by atoms with Crippen molar-refractivity contribution in [2.45, 2.75) is 12.6 Å². The molecule has 2 aliphatic rings. The summed E-state index contributed by atoms with van der Waals surface area (Å²) in [5.74, 6) is 1.89. The molecular formula is C26H23N3O4. The summed E-state index contributed by atoms with van der Waals surface area (Å²) < 4.78 is 11.4. The Kier molecular flexibility index (Phi) is 5.44. The first-order valence-corrected chi connectivity index (χ1v) is 10.7. The molecule has 1 aromatic heterocycles. The van der Waals surface area contributed by atoms with Crippen molar-refractivity contribution < 1.29 is 18.7 Å². The van der Waals surface area contributed by atoms with E-state index in [9.17, 15) is 9.59 Å². The van der Waals surface area contributed by atoms with Gasteiger partial charge in [-0.05, 0) is 42.0 Å². The molecule has 7 heteroatoms. The number of hydrogen-bond donors (Lipinski definition) is 1. The lowest BCUT2D eigenvalue weighted by molar-refractivity contribution is -0.126. The molecule has 2 aliphatic heterocycles. The van der Waals surface area contributed by atoms with Gasteiger partial charge in [-0.3, -0.25) is 9.69 Å². The number of carbonyl (C=O) groups is 2. The summed E-state index contributed by atoms with van der Waals surface area (Å²) in [6, 6.07) is 19.7. The molecule has 3 amide bonds. The Morgan fingerprint density at radius 1 is 1.06 bits per heavy atom. The second-order valence-electron chi connectivity index (χ2n) is 7.87. The SMILES string of the molecule is C=CCN1C(=O)N[C@H](c2cccc(Oc3ccccc3)c2)C2=C1CN(Cc1ccco1)C2=O. The lowest BCUT2D eigenvalue weighted by Crippen LogP contribution is -2.47. The van der Waals surface area contributed by atoms with Crippen molar-refractivity contribution >= 4 is 11.9 Å². The minimum atomic E-state index is -0.581. The van der Waals surface area contributed by atoms with Crippen molar-refractivity contribution in [2.24, 2.45) is 0 Å². The molecule has 0 fully saturated rings. The van der Waals surface area contributed by atoms with Gasteiger partial charge in [-0.1, -0.05) is 36.4 Å². The van der Waals surface area contributed by atoms with Crippen LogP contribution in [-0.4, -0.2) is 34.8 Å². The Labute approximate surface area is 191 Å². The summed E-state index contributed by atoms with van der Waals surface area (Å²) in [7, 11) is 0. The van der Waals surface area contributed by atoms with E-state index in [1.54, 1.807) is 28.2 Å². The van der Waals surface area contributed by atoms with Crippen LogP contribution in [0.2, 0.25) is 0 Å². The van der Waals surface area contributed by atoms with E-state index in [0.29, 0.717) is 48.2 Å². The average molecular weight is 441 g/mol. The number of rotatable bonds is 7. The van der Waals surface area contributed by atoms with E-state index in [1.165, 1.54) is 0 Å². The number of hydrogen-bond acceptors (Lipinski definition) is 4. The molecule has 0 spiro atoms. The Hall–Kier alpha value is -4.26. The Morgan fingerprint density at radius 2 is 1.88 bits per heavy atom. The fourth-order valence-electron chi connectivity index (χ4n) is 4.22. The van der Waals surface area contributed by atoms with Gasteiger partial charge in [0.1, 0.15) is 17.3 Å². The summed E-state index contributed by atoms with van der Waals surface area (Å²) in [6.07, 6.45) is 3.23. The van der Waals surface area contributed by atoms with E-state index in [4.69, 9.17) is 9.15 Å². The molecule has 0 saturated carbocycles. The van der Waals surface area contributed by atoms with Crippen molar-refractivity contribution in [3.8, 4) is 11.5 Å². The van der Waals surface area contributed by atoms with Crippen LogP contribution in [0.15, 0.2) is 101 Å². The highest BCUT2D eigenvalue weighted by molar-refractivity contribution is 6.01. The molecule has 0 radical (unpaired) electrons. The summed E-state index contributed by atoms with van der Waals surface area (Å²) in [5.41, 5.74) is 2.02. The largest absolute Gasteiger partial charge is 0.467 e. The molecule has 1 N–H and O–H groups in total. The van der Waals surface area contributed by atoms with Crippen LogP contribution in [0.4, 0.5) is 4.79 Å². The smallest absolute Gasteiger partial charge is 0.322 e. The highest BCUT2D eigenvalue weighted by atomic mass is 16.5. The van der Waals surface area contributed by atoms with Gasteiger partial charge >= 0.3 is 6.03 Å². The minimum absolute atomic E-state index is 0.130. The molecule has 0 unspecified atom stereocenters. The number of furan rings is 1. The zero-order chi connectivity index (χ0) is 22.8. The first-order chi connectivity index (χ1) is 16.1. The third-order valence-electron chi connectivity index (χ3n) is 5.71. The standard InChI is InChI=1S/C26H23N3O4/c1-2-13-29-22-17-28(16-21-12-7-14-32-21)25(30)23(22)24(27-26(29)31)18-8-6-11-20(15-18)33-19-9-4-3-5-10-19/h2-12,14-15,24H,1,13,16-17H2,(H,27,31)/t24-/m1/s1. The molecule has 166 valence electrons. The van der Waals surface area contributed by atoms with Crippen molar-refractivity contribution in [3.05, 3.63) is 108 Å². The van der Waals surface area contributed by atoms with Gasteiger partial charge < -0.3 is 19.4 Å². The summed E-state index contributed by atoms with van der Waals surface area (Å²) in [5, 5.41) is 2.99. The lowest BCUT2D eigenvalue weighted by Gasteiger charge is -2.33. The van der Waals surface area contributed by atoms with Crippen LogP contribution in [0.3, 0.4) is 0 Å². The Bertz CT molecular complexity index is 1220. The molecule has 0 bridgehead atoms. The average Bonchev–Trinajstić information content (AvgIpc) is 3.45. The van der Waals surface area contributed by atoms with E-state index >= 15 is 0 Å². The highest BCUT2D eigenvalue weighted by Gasteiger charge is 2.43. The highest BCUT2D eigenvalue weighted by Crippen LogP contribution is 2.38. The van der Waals surface area contributed by atoms with E-state index in [2.05, 4.69) is 11.9 Å². The quantitative estimate of drug-likeness (QED) is 0.543. The van der Waals surface area contributed by atoms with E-state index in [1.807, 2.05) is 60.7 Å². The van der Waals surface area contributed by atoms with E-state index < -0.39 is 6.04 Å². The molecule has 2 aromatic carbocycles. The van der Waals surface area contributed by atoms with Gasteiger partial charge in [-0.15, -0.1) is 6.58 Å². The van der Waals surface area contributed by atoms with Crippen molar-refractivity contribution in [2.75, 3.05) is 13.1 Å². The fraction of sp³-hybridized carbons (Fsp3) is 0.154. The van der Waals surface area contributed by atoms with Gasteiger partial charge in [-0.2, -0.15) is 0 Å². The minimum Gasteiger partial charge on any atom is -0.467 e. The van der Waals surface area contributed by atoms with Crippen LogP contribution < -0.4 is 10.1 Å². The molecule has 0 aliphatic carbocycles. The van der Waals surface area contributed by atoms with Gasteiger partial charge in [0.25, 0.3) is 5.91 Å². The van der Waals surface area contributed by atoms with E-state index in [0.717, 1.165) is 5.56 Å². The predicted octanol–water partition coefficient (Wildman–Crippen LogP) is 4.62. The molecule has 0 saturated heterocycles. The fourth-order valence-corrected chi connectivity index (χ4v) is 4.22. The number of ether oxygens (including phenoxy) is 1. The third kappa shape index (κ3) is 4.01. The molecule has 3 aromatic rings. The zero-order valence-electron chi connectivity index (χ0n) is 17.9. The number of urea groups is 1. The van der Waals surface area contributed by atoms with Gasteiger partial charge in [0, 0.05) is 6.54 Å². The Morgan fingerprint density at radius 3 is 2.64 bits per heavy atom. The summed E-state index contributed by atoms with van der Waals surface area (Å²) in [6.45, 7) is 4.73. The summed E-state index contributed by atoms with van der Waals surface area (Å²) in [4.78, 5) is 29.7. The molecule has 3 heterocycles. The van der Waals surface area contributed by atoms with Crippen LogP contribution in [0.1, 0.15) is 17.4 Å². The zero-order valence-corrected chi connectivity index (χ0v) is 17.9. The maximum absolute atomic E-state index is 13.5. The van der Waals surface area contributed by atoms with Crippen molar-refractivity contribution in [1.82, 2.24) is 15.1 Å². The molecule has 7 nitrogen and oxygen atoms in total. The third-order valence-corrected chi connectivity index (χ3v) is 5.71. The van der Waals surface area contributed by atoms with Crippen LogP contribution in [0.5, 0.6) is 11.5 Å². The summed E-state index contributed by atoms with van der Waals surface area (Å²) >= 11 is 0. The second kappa shape index (κ2) is 8.70. The maximum atomic E-state index is 13.5. The molecular weight excluding hydrogens is 418 g/mol. The number of carbonyl (C=O) groups excluding carboxylic acids is 2. The normalized spacial score (nSPS) is 17.8. The van der Waals surface area contributed by atoms with Crippen molar-refractivity contribution in [1.29, 1.82) is 0 Å². The van der Waals surface area contributed by atoms with Crippen LogP contribution >= 0.6 is 0 Å². The predicted molar refractivity (Wildman–Crippen MR) is 122 cm³/mol. The monoisotopic (exact) mass is 441 g/mol. The van der Waals surface area contributed by atoms with Crippen molar-refractivity contribution in [3.63, 3.8) is 0 Å². The number of para-hydroxylation sites is 1. The maximum Gasteiger partial charge on any atom is 0.322 e. The molecule has 5 rings (SSSR count). The van der Waals surface area contributed by atoms with Gasteiger partial charge in [0.15, 0.2) is 0 Å². The van der Waals surface area contributed by atoms with Crippen LogP contribution in [-0.2, 0) is 11.3 Å². The number of nitrogens with zero attached hydrogens (tertiary/aromatic N) is 2. The lowest BCUT2D eigenvalue weighted by atomic mass is 9.95. The topological polar surface area (TPSA) is 75.0 Å². The molecule has 1 atom stereocenters. The second-order valence-corrected chi connectivity index (χ2v) is 7.87. The Balaban J connectivity index is 1.48. The van der Waals surface area contributed by atoms with Crippen LogP contribution in [0, 0.1) is 0 Å². The first-order valence-electron chi connectivity index (χ1n) is 10.7. The van der Waals surface area contributed by atoms with Crippen LogP contribution in [0.25, 0.3) is 0 Å². The van der Waals surface area contributed by atoms with Gasteiger partial charge in [0.2, 0.25) is 0 Å². The number of amides is 3. The van der Waals surface area contributed by atoms with E-state index in [-0.39, 0.29) is 11.9 Å². The molecule has 33 heavy (non-hydrogen) atoms. The van der Waals surface area contributed by atoms with Gasteiger partial charge in [-0.25, -0.2) is 4.79 Å². The van der Waals surface area contributed by atoms with Gasteiger partial charge in [0.05, 0.1) is 36.7 Å². The first kappa shape index (κ1) is 20.6.